The molecule has 2 aromatic carbocycles. The molecule has 2 heteroatoms. The summed E-state index contributed by atoms with van der Waals surface area (Å²) in [5.41, 5.74) is 6.33. The van der Waals surface area contributed by atoms with Crippen LogP contribution in [-0.2, 0) is 6.42 Å². The van der Waals surface area contributed by atoms with Crippen molar-refractivity contribution in [1.82, 2.24) is 4.40 Å². The third-order valence-corrected chi connectivity index (χ3v) is 4.35. The molecule has 0 saturated heterocycles. The second kappa shape index (κ2) is 6.17. The highest BCUT2D eigenvalue weighted by Crippen LogP contribution is 2.27. The maximum Gasteiger partial charge on any atom is 0.167 e. The first-order valence-corrected chi connectivity index (χ1v) is 8.03. The average Bonchev–Trinajstić information content (AvgIpc) is 3.02. The summed E-state index contributed by atoms with van der Waals surface area (Å²) in [5.74, 6) is 0. The normalized spacial score (nSPS) is 10.8. The third-order valence-electron chi connectivity index (χ3n) is 4.35. The molecule has 4 aromatic rings. The zero-order valence-electron chi connectivity index (χ0n) is 13.2. The third kappa shape index (κ3) is 2.63. The van der Waals surface area contributed by atoms with Crippen molar-refractivity contribution in [3.63, 3.8) is 0 Å². The smallest absolute Gasteiger partial charge is 0.167 e. The number of hydrogen-bond acceptors (Lipinski definition) is 1. The molecule has 0 N–H and O–H groups in total. The molecule has 0 bridgehead atoms. The van der Waals surface area contributed by atoms with E-state index in [1.165, 1.54) is 11.1 Å². The Labute approximate surface area is 141 Å². The number of aromatic nitrogens is 1. The van der Waals surface area contributed by atoms with E-state index in [4.69, 9.17) is 0 Å². The fourth-order valence-corrected chi connectivity index (χ4v) is 3.13. The van der Waals surface area contributed by atoms with Crippen molar-refractivity contribution in [3.8, 4) is 11.1 Å². The van der Waals surface area contributed by atoms with Crippen LogP contribution in [0.1, 0.15) is 21.6 Å². The highest BCUT2D eigenvalue weighted by atomic mass is 16.1. The van der Waals surface area contributed by atoms with E-state index in [-0.39, 0.29) is 0 Å². The van der Waals surface area contributed by atoms with Crippen LogP contribution in [0.5, 0.6) is 0 Å². The first kappa shape index (κ1) is 14.5. The number of aldehydes is 1. The molecule has 4 rings (SSSR count). The quantitative estimate of drug-likeness (QED) is 0.485. The summed E-state index contributed by atoms with van der Waals surface area (Å²) >= 11 is 0. The van der Waals surface area contributed by atoms with Crippen LogP contribution in [0.3, 0.4) is 0 Å². The molecule has 2 aromatic heterocycles. The maximum atomic E-state index is 11.6. The van der Waals surface area contributed by atoms with Crippen LogP contribution in [0.4, 0.5) is 0 Å². The number of benzene rings is 2. The Bertz CT molecular complexity index is 982. The van der Waals surface area contributed by atoms with Crippen molar-refractivity contribution in [2.75, 3.05) is 0 Å². The predicted octanol–water partition coefficient (Wildman–Crippen LogP) is 5.01. The van der Waals surface area contributed by atoms with Gasteiger partial charge in [0.25, 0.3) is 0 Å². The summed E-state index contributed by atoms with van der Waals surface area (Å²) in [4.78, 5) is 11.6. The van der Waals surface area contributed by atoms with Crippen molar-refractivity contribution >= 4 is 11.8 Å². The van der Waals surface area contributed by atoms with Crippen LogP contribution in [0.2, 0.25) is 0 Å². The number of fused-ring (bicyclic) bond motifs is 1. The number of pyridine rings is 1. The average molecular weight is 311 g/mol. The van der Waals surface area contributed by atoms with E-state index in [0.29, 0.717) is 5.69 Å². The summed E-state index contributed by atoms with van der Waals surface area (Å²) < 4.78 is 1.93. The summed E-state index contributed by atoms with van der Waals surface area (Å²) in [6, 6.07) is 26.9. The molecule has 0 unspecified atom stereocenters. The van der Waals surface area contributed by atoms with Crippen LogP contribution in [0.25, 0.3) is 16.6 Å². The molecule has 0 aliphatic rings. The Morgan fingerprint density at radius 2 is 1.50 bits per heavy atom. The molecule has 2 heterocycles. The largest absolute Gasteiger partial charge is 0.314 e. The highest BCUT2D eigenvalue weighted by Gasteiger charge is 2.11. The second-order valence-corrected chi connectivity index (χ2v) is 5.92. The Kier molecular flexibility index (Phi) is 3.72. The lowest BCUT2D eigenvalue weighted by molar-refractivity contribution is 0.111. The summed E-state index contributed by atoms with van der Waals surface area (Å²) in [6.07, 6.45) is 3.77. The molecule has 2 nitrogen and oxygen atoms in total. The van der Waals surface area contributed by atoms with Crippen LogP contribution in [-0.4, -0.2) is 10.7 Å². The van der Waals surface area contributed by atoms with Gasteiger partial charge >= 0.3 is 0 Å². The van der Waals surface area contributed by atoms with E-state index in [9.17, 15) is 4.79 Å². The minimum Gasteiger partial charge on any atom is -0.314 e. The topological polar surface area (TPSA) is 21.5 Å². The van der Waals surface area contributed by atoms with E-state index in [1.54, 1.807) is 0 Å². The molecule has 0 saturated carbocycles. The van der Waals surface area contributed by atoms with Gasteiger partial charge in [-0.2, -0.15) is 0 Å². The van der Waals surface area contributed by atoms with Gasteiger partial charge in [0.05, 0.1) is 5.69 Å². The lowest BCUT2D eigenvalue weighted by Gasteiger charge is -2.05. The van der Waals surface area contributed by atoms with E-state index in [0.717, 1.165) is 29.4 Å². The number of carbonyl (C=O) groups is 1. The molecule has 24 heavy (non-hydrogen) atoms. The first-order chi connectivity index (χ1) is 11.8. The number of carbonyl (C=O) groups excluding carboxylic acids is 1. The predicted molar refractivity (Wildman–Crippen MR) is 97.5 cm³/mol. The van der Waals surface area contributed by atoms with Gasteiger partial charge in [-0.1, -0.05) is 60.7 Å². The Morgan fingerprint density at radius 1 is 0.792 bits per heavy atom. The molecule has 116 valence electrons. The van der Waals surface area contributed by atoms with E-state index >= 15 is 0 Å². The van der Waals surface area contributed by atoms with Gasteiger partial charge in [0.2, 0.25) is 0 Å². The minimum atomic E-state index is 0.696. The van der Waals surface area contributed by atoms with E-state index < -0.39 is 0 Å². The van der Waals surface area contributed by atoms with Gasteiger partial charge in [0.1, 0.15) is 0 Å². The molecule has 0 fully saturated rings. The molecule has 0 amide bonds. The zero-order valence-corrected chi connectivity index (χ0v) is 13.2. The molecular weight excluding hydrogens is 294 g/mol. The van der Waals surface area contributed by atoms with Crippen LogP contribution in [0, 0.1) is 0 Å². The lowest BCUT2D eigenvalue weighted by Crippen LogP contribution is -1.92. The Hall–Kier alpha value is -3.13. The van der Waals surface area contributed by atoms with E-state index in [2.05, 4.69) is 54.6 Å². The van der Waals surface area contributed by atoms with Gasteiger partial charge in [-0.15, -0.1) is 0 Å². The van der Waals surface area contributed by atoms with Crippen LogP contribution in [0.15, 0.2) is 85.1 Å². The van der Waals surface area contributed by atoms with Gasteiger partial charge in [-0.05, 0) is 41.3 Å². The van der Waals surface area contributed by atoms with Gasteiger partial charge < -0.3 is 4.40 Å². The fourth-order valence-electron chi connectivity index (χ4n) is 3.13. The highest BCUT2D eigenvalue weighted by molar-refractivity contribution is 5.89. The van der Waals surface area contributed by atoms with Crippen LogP contribution >= 0.6 is 0 Å². The fraction of sp³-hybridized carbons (Fsp3) is 0.0455. The van der Waals surface area contributed by atoms with Gasteiger partial charge in [-0.3, -0.25) is 4.79 Å². The monoisotopic (exact) mass is 311 g/mol. The lowest BCUT2D eigenvalue weighted by atomic mass is 10.0. The molecule has 0 aliphatic carbocycles. The first-order valence-electron chi connectivity index (χ1n) is 8.03. The number of nitrogens with zero attached hydrogens (tertiary/aromatic N) is 1. The van der Waals surface area contributed by atoms with Crippen molar-refractivity contribution in [2.24, 2.45) is 0 Å². The summed E-state index contributed by atoms with van der Waals surface area (Å²) in [6.45, 7) is 0. The van der Waals surface area contributed by atoms with Gasteiger partial charge in [0.15, 0.2) is 6.29 Å². The van der Waals surface area contributed by atoms with Crippen molar-refractivity contribution in [3.05, 3.63) is 102 Å². The molecule has 0 spiro atoms. The summed E-state index contributed by atoms with van der Waals surface area (Å²) in [7, 11) is 0. The Balaban J connectivity index is 1.69. The second-order valence-electron chi connectivity index (χ2n) is 5.92. The van der Waals surface area contributed by atoms with Crippen LogP contribution < -0.4 is 0 Å². The van der Waals surface area contributed by atoms with Crippen molar-refractivity contribution < 1.29 is 4.79 Å². The molecule has 0 radical (unpaired) electrons. The number of hydrogen-bond donors (Lipinski definition) is 0. The van der Waals surface area contributed by atoms with Gasteiger partial charge in [0, 0.05) is 17.3 Å². The maximum absolute atomic E-state index is 11.6. The summed E-state index contributed by atoms with van der Waals surface area (Å²) in [5, 5.41) is 0. The molecule has 0 atom stereocenters. The van der Waals surface area contributed by atoms with Crippen molar-refractivity contribution in [2.45, 2.75) is 6.42 Å². The minimum absolute atomic E-state index is 0.696. The van der Waals surface area contributed by atoms with E-state index in [1.807, 2.05) is 34.9 Å². The zero-order chi connectivity index (χ0) is 16.4. The molecule has 0 aliphatic heterocycles. The van der Waals surface area contributed by atoms with Crippen molar-refractivity contribution in [1.29, 1.82) is 0 Å². The molecular formula is C22H17NO. The SMILES string of the molecule is O=Cc1c(-c2ccc(Cc3ccccc3)cc2)cc2ccccn12. The standard InChI is InChI=1S/C22H17NO/c24-16-22-21(15-20-8-4-5-13-23(20)22)19-11-9-18(10-12-19)14-17-6-2-1-3-7-17/h1-13,15-16H,14H2. The Morgan fingerprint density at radius 3 is 2.25 bits per heavy atom. The number of rotatable bonds is 4. The van der Waals surface area contributed by atoms with Gasteiger partial charge in [-0.25, -0.2) is 0 Å².